The maximum absolute atomic E-state index is 9.89. The standard InChI is InChI=1S/C14H15NO2/c1-9-4-6-12(10(2)15-9)13-8-11(17-3)5-7-14(13)16/h4-8,16H,1-3H3. The third-order valence-electron chi connectivity index (χ3n) is 2.72. The summed E-state index contributed by atoms with van der Waals surface area (Å²) >= 11 is 0. The summed E-state index contributed by atoms with van der Waals surface area (Å²) < 4.78 is 5.16. The Morgan fingerprint density at radius 3 is 2.47 bits per heavy atom. The highest BCUT2D eigenvalue weighted by Gasteiger charge is 2.09. The largest absolute Gasteiger partial charge is 0.507 e. The van der Waals surface area contributed by atoms with Crippen LogP contribution in [0.3, 0.4) is 0 Å². The number of phenolic OH excluding ortho intramolecular Hbond substituents is 1. The molecule has 3 heteroatoms. The zero-order chi connectivity index (χ0) is 12.4. The van der Waals surface area contributed by atoms with Gasteiger partial charge >= 0.3 is 0 Å². The topological polar surface area (TPSA) is 42.4 Å². The average molecular weight is 229 g/mol. The van der Waals surface area contributed by atoms with E-state index in [0.717, 1.165) is 28.3 Å². The van der Waals surface area contributed by atoms with Crippen LogP contribution in [0.1, 0.15) is 11.4 Å². The van der Waals surface area contributed by atoms with Gasteiger partial charge < -0.3 is 9.84 Å². The van der Waals surface area contributed by atoms with E-state index >= 15 is 0 Å². The summed E-state index contributed by atoms with van der Waals surface area (Å²) in [6.45, 7) is 3.88. The molecule has 88 valence electrons. The Kier molecular flexibility index (Phi) is 3.00. The van der Waals surface area contributed by atoms with Gasteiger partial charge in [0.2, 0.25) is 0 Å². The lowest BCUT2D eigenvalue weighted by Crippen LogP contribution is -1.91. The molecule has 0 radical (unpaired) electrons. The van der Waals surface area contributed by atoms with Crippen LogP contribution in [-0.4, -0.2) is 17.2 Å². The zero-order valence-corrected chi connectivity index (χ0v) is 10.2. The molecule has 2 aromatic rings. The van der Waals surface area contributed by atoms with Crippen LogP contribution in [-0.2, 0) is 0 Å². The van der Waals surface area contributed by atoms with Gasteiger partial charge in [-0.25, -0.2) is 0 Å². The van der Waals surface area contributed by atoms with Gasteiger partial charge in [-0.3, -0.25) is 4.98 Å². The molecule has 0 fully saturated rings. The Bertz CT molecular complexity index is 550. The van der Waals surface area contributed by atoms with Crippen LogP contribution in [0.15, 0.2) is 30.3 Å². The molecule has 1 aromatic heterocycles. The van der Waals surface area contributed by atoms with Gasteiger partial charge in [-0.15, -0.1) is 0 Å². The number of aromatic nitrogens is 1. The molecule has 0 bridgehead atoms. The van der Waals surface area contributed by atoms with Gasteiger partial charge in [-0.1, -0.05) is 6.07 Å². The number of methoxy groups -OCH3 is 1. The van der Waals surface area contributed by atoms with E-state index in [1.54, 1.807) is 19.2 Å². The van der Waals surface area contributed by atoms with E-state index in [4.69, 9.17) is 4.74 Å². The van der Waals surface area contributed by atoms with Crippen LogP contribution in [0, 0.1) is 13.8 Å². The third kappa shape index (κ3) is 2.23. The van der Waals surface area contributed by atoms with Crippen molar-refractivity contribution in [3.63, 3.8) is 0 Å². The Balaban J connectivity index is 2.59. The number of hydrogen-bond donors (Lipinski definition) is 1. The molecule has 1 N–H and O–H groups in total. The van der Waals surface area contributed by atoms with Gasteiger partial charge in [0.25, 0.3) is 0 Å². The van der Waals surface area contributed by atoms with Crippen molar-refractivity contribution >= 4 is 0 Å². The van der Waals surface area contributed by atoms with Crippen LogP contribution in [0.5, 0.6) is 11.5 Å². The quantitative estimate of drug-likeness (QED) is 0.860. The number of aromatic hydroxyl groups is 1. The summed E-state index contributed by atoms with van der Waals surface area (Å²) in [5.41, 5.74) is 3.53. The highest BCUT2D eigenvalue weighted by molar-refractivity contribution is 5.73. The highest BCUT2D eigenvalue weighted by atomic mass is 16.5. The Labute approximate surface area is 101 Å². The molecule has 2 rings (SSSR count). The van der Waals surface area contributed by atoms with Crippen molar-refractivity contribution in [2.45, 2.75) is 13.8 Å². The molecule has 0 unspecified atom stereocenters. The van der Waals surface area contributed by atoms with E-state index < -0.39 is 0 Å². The molecule has 0 aliphatic carbocycles. The monoisotopic (exact) mass is 229 g/mol. The highest BCUT2D eigenvalue weighted by Crippen LogP contribution is 2.33. The molecule has 0 aliphatic heterocycles. The molecule has 3 nitrogen and oxygen atoms in total. The van der Waals surface area contributed by atoms with Crippen molar-refractivity contribution in [2.24, 2.45) is 0 Å². The van der Waals surface area contributed by atoms with E-state index in [-0.39, 0.29) is 5.75 Å². The fraction of sp³-hybridized carbons (Fsp3) is 0.214. The van der Waals surface area contributed by atoms with Crippen LogP contribution in [0.4, 0.5) is 0 Å². The summed E-state index contributed by atoms with van der Waals surface area (Å²) in [7, 11) is 1.61. The Morgan fingerprint density at radius 1 is 1.06 bits per heavy atom. The van der Waals surface area contributed by atoms with Gasteiger partial charge in [-0.2, -0.15) is 0 Å². The minimum absolute atomic E-state index is 0.236. The Hall–Kier alpha value is -2.03. The fourth-order valence-electron chi connectivity index (χ4n) is 1.83. The van der Waals surface area contributed by atoms with Crippen LogP contribution < -0.4 is 4.74 Å². The second-order valence-electron chi connectivity index (χ2n) is 3.97. The second kappa shape index (κ2) is 4.45. The van der Waals surface area contributed by atoms with Gasteiger partial charge in [0.05, 0.1) is 7.11 Å². The van der Waals surface area contributed by atoms with Crippen LogP contribution >= 0.6 is 0 Å². The minimum Gasteiger partial charge on any atom is -0.507 e. The summed E-state index contributed by atoms with van der Waals surface area (Å²) in [6.07, 6.45) is 0. The average Bonchev–Trinajstić information content (AvgIpc) is 2.30. The zero-order valence-electron chi connectivity index (χ0n) is 10.2. The van der Waals surface area contributed by atoms with E-state index in [1.807, 2.05) is 32.0 Å². The normalized spacial score (nSPS) is 10.3. The smallest absolute Gasteiger partial charge is 0.123 e. The van der Waals surface area contributed by atoms with E-state index in [0.29, 0.717) is 0 Å². The second-order valence-corrected chi connectivity index (χ2v) is 3.97. The number of benzene rings is 1. The molecule has 1 aromatic carbocycles. The first-order valence-corrected chi connectivity index (χ1v) is 5.43. The lowest BCUT2D eigenvalue weighted by atomic mass is 10.0. The number of rotatable bonds is 2. The van der Waals surface area contributed by atoms with E-state index in [2.05, 4.69) is 4.98 Å². The van der Waals surface area contributed by atoms with Gasteiger partial charge in [0.1, 0.15) is 11.5 Å². The molecule has 0 saturated carbocycles. The molecule has 17 heavy (non-hydrogen) atoms. The van der Waals surface area contributed by atoms with Crippen molar-refractivity contribution in [1.82, 2.24) is 4.98 Å². The summed E-state index contributed by atoms with van der Waals surface area (Å²) in [6, 6.07) is 9.07. The number of phenols is 1. The molecule has 0 atom stereocenters. The molecular formula is C14H15NO2. The van der Waals surface area contributed by atoms with E-state index in [9.17, 15) is 5.11 Å². The van der Waals surface area contributed by atoms with Crippen molar-refractivity contribution in [3.8, 4) is 22.6 Å². The van der Waals surface area contributed by atoms with Crippen LogP contribution in [0.25, 0.3) is 11.1 Å². The first-order valence-electron chi connectivity index (χ1n) is 5.43. The van der Waals surface area contributed by atoms with Crippen LogP contribution in [0.2, 0.25) is 0 Å². The molecule has 0 aliphatic rings. The number of hydrogen-bond acceptors (Lipinski definition) is 3. The first kappa shape index (κ1) is 11.5. The third-order valence-corrected chi connectivity index (χ3v) is 2.72. The number of aryl methyl sites for hydroxylation is 2. The molecular weight excluding hydrogens is 214 g/mol. The summed E-state index contributed by atoms with van der Waals surface area (Å²) in [5, 5.41) is 9.89. The molecule has 0 saturated heterocycles. The SMILES string of the molecule is COc1ccc(O)c(-c2ccc(C)nc2C)c1. The predicted molar refractivity (Wildman–Crippen MR) is 67.4 cm³/mol. The molecule has 0 amide bonds. The number of ether oxygens (including phenoxy) is 1. The van der Waals surface area contributed by atoms with Crippen molar-refractivity contribution in [1.29, 1.82) is 0 Å². The molecule has 0 spiro atoms. The van der Waals surface area contributed by atoms with E-state index in [1.165, 1.54) is 0 Å². The predicted octanol–water partition coefficient (Wildman–Crippen LogP) is 3.08. The van der Waals surface area contributed by atoms with Gasteiger partial charge in [0, 0.05) is 22.5 Å². The summed E-state index contributed by atoms with van der Waals surface area (Å²) in [5.74, 6) is 0.956. The van der Waals surface area contributed by atoms with Crippen molar-refractivity contribution in [3.05, 3.63) is 41.7 Å². The number of pyridine rings is 1. The fourth-order valence-corrected chi connectivity index (χ4v) is 1.83. The number of nitrogens with zero attached hydrogens (tertiary/aromatic N) is 1. The lowest BCUT2D eigenvalue weighted by molar-refractivity contribution is 0.412. The van der Waals surface area contributed by atoms with Crippen molar-refractivity contribution < 1.29 is 9.84 Å². The van der Waals surface area contributed by atoms with Gasteiger partial charge in [-0.05, 0) is 38.1 Å². The maximum atomic E-state index is 9.89. The first-order chi connectivity index (χ1) is 8.11. The van der Waals surface area contributed by atoms with Gasteiger partial charge in [0.15, 0.2) is 0 Å². The maximum Gasteiger partial charge on any atom is 0.123 e. The van der Waals surface area contributed by atoms with Crippen molar-refractivity contribution in [2.75, 3.05) is 7.11 Å². The minimum atomic E-state index is 0.236. The Morgan fingerprint density at radius 2 is 1.82 bits per heavy atom. The molecule has 1 heterocycles. The summed E-state index contributed by atoms with van der Waals surface area (Å²) in [4.78, 5) is 4.39. The lowest BCUT2D eigenvalue weighted by Gasteiger charge is -2.10.